The van der Waals surface area contributed by atoms with Crippen molar-refractivity contribution < 1.29 is 23.8 Å². The van der Waals surface area contributed by atoms with E-state index in [4.69, 9.17) is 9.84 Å². The number of carbonyl (C=O) groups is 2. The molecule has 0 atom stereocenters. The summed E-state index contributed by atoms with van der Waals surface area (Å²) in [7, 11) is 1.51. The maximum atomic E-state index is 13.6. The van der Waals surface area contributed by atoms with Crippen LogP contribution < -0.4 is 10.2 Å². The van der Waals surface area contributed by atoms with Gasteiger partial charge in [0, 0.05) is 26.7 Å². The number of morpholine rings is 1. The number of hydrogen-bond donors (Lipinski definition) is 2. The minimum atomic E-state index is -0.972. The average molecular weight is 325 g/mol. The van der Waals surface area contributed by atoms with Crippen molar-refractivity contribution in [3.05, 3.63) is 24.0 Å². The number of ether oxygens (including phenoxy) is 1. The molecule has 7 nitrogen and oxygen atoms in total. The zero-order chi connectivity index (χ0) is 16.8. The van der Waals surface area contributed by atoms with Crippen LogP contribution >= 0.6 is 0 Å². The summed E-state index contributed by atoms with van der Waals surface area (Å²) in [5.41, 5.74) is 1.08. The topological polar surface area (TPSA) is 82.1 Å². The van der Waals surface area contributed by atoms with Crippen LogP contribution in [0.2, 0.25) is 0 Å². The number of anilines is 2. The van der Waals surface area contributed by atoms with Crippen LogP contribution in [0.5, 0.6) is 0 Å². The quantitative estimate of drug-likeness (QED) is 0.859. The van der Waals surface area contributed by atoms with Gasteiger partial charge in [0.05, 0.1) is 31.0 Å². The van der Waals surface area contributed by atoms with Gasteiger partial charge in [-0.25, -0.2) is 9.18 Å². The minimum absolute atomic E-state index is 0.0925. The molecule has 0 unspecified atom stereocenters. The van der Waals surface area contributed by atoms with Crippen LogP contribution in [0.1, 0.15) is 6.42 Å². The van der Waals surface area contributed by atoms with Crippen LogP contribution in [0, 0.1) is 5.82 Å². The third-order valence-corrected chi connectivity index (χ3v) is 3.56. The third kappa shape index (κ3) is 4.82. The van der Waals surface area contributed by atoms with Gasteiger partial charge in [-0.1, -0.05) is 0 Å². The number of hydrogen-bond acceptors (Lipinski definition) is 4. The standard InChI is InChI=1S/C15H20FN3O4/c1-18(5-4-14(20)21)15(22)17-12-3-2-11(16)10-13(12)19-6-8-23-9-7-19/h2-3,10H,4-9H2,1H3,(H,17,22)(H,20,21). The van der Waals surface area contributed by atoms with E-state index < -0.39 is 12.0 Å². The molecule has 1 fully saturated rings. The first-order chi connectivity index (χ1) is 11.0. The summed E-state index contributed by atoms with van der Waals surface area (Å²) in [5, 5.41) is 11.4. The highest BCUT2D eigenvalue weighted by Crippen LogP contribution is 2.28. The Labute approximate surface area is 133 Å². The molecule has 0 bridgehead atoms. The second-order valence-electron chi connectivity index (χ2n) is 5.26. The Balaban J connectivity index is 2.09. The monoisotopic (exact) mass is 325 g/mol. The molecule has 1 aliphatic rings. The van der Waals surface area contributed by atoms with Gasteiger partial charge < -0.3 is 25.0 Å². The number of aliphatic carboxylic acids is 1. The Bertz CT molecular complexity index is 576. The Kier molecular flexibility index (Phi) is 5.75. The lowest BCUT2D eigenvalue weighted by molar-refractivity contribution is -0.137. The highest BCUT2D eigenvalue weighted by atomic mass is 19.1. The largest absolute Gasteiger partial charge is 0.481 e. The maximum absolute atomic E-state index is 13.6. The van der Waals surface area contributed by atoms with E-state index in [9.17, 15) is 14.0 Å². The number of carboxylic acid groups (broad SMARTS) is 1. The number of carboxylic acids is 1. The second kappa shape index (κ2) is 7.77. The SMILES string of the molecule is CN(CCC(=O)O)C(=O)Nc1ccc(F)cc1N1CCOCC1. The Hall–Kier alpha value is -2.35. The van der Waals surface area contributed by atoms with Crippen molar-refractivity contribution in [2.45, 2.75) is 6.42 Å². The van der Waals surface area contributed by atoms with Crippen LogP contribution in [0.15, 0.2) is 18.2 Å². The average Bonchev–Trinajstić information content (AvgIpc) is 2.54. The van der Waals surface area contributed by atoms with E-state index in [1.807, 2.05) is 4.90 Å². The number of carbonyl (C=O) groups excluding carboxylic acids is 1. The first-order valence-corrected chi connectivity index (χ1v) is 7.33. The number of amides is 2. The molecule has 0 aromatic heterocycles. The fraction of sp³-hybridized carbons (Fsp3) is 0.467. The summed E-state index contributed by atoms with van der Waals surface area (Å²) in [6, 6.07) is 3.71. The number of rotatable bonds is 5. The number of urea groups is 1. The van der Waals surface area contributed by atoms with E-state index in [0.29, 0.717) is 37.7 Å². The summed E-state index contributed by atoms with van der Waals surface area (Å²) in [6.07, 6.45) is -0.135. The fourth-order valence-corrected chi connectivity index (χ4v) is 2.25. The molecule has 1 saturated heterocycles. The molecule has 8 heteroatoms. The fourth-order valence-electron chi connectivity index (χ4n) is 2.25. The zero-order valence-electron chi connectivity index (χ0n) is 12.9. The molecule has 2 amide bonds. The van der Waals surface area contributed by atoms with Crippen molar-refractivity contribution in [3.63, 3.8) is 0 Å². The van der Waals surface area contributed by atoms with Gasteiger partial charge in [-0.3, -0.25) is 4.79 Å². The van der Waals surface area contributed by atoms with E-state index in [1.54, 1.807) is 0 Å². The number of benzene rings is 1. The summed E-state index contributed by atoms with van der Waals surface area (Å²) in [5.74, 6) is -1.36. The second-order valence-corrected chi connectivity index (χ2v) is 5.26. The van der Waals surface area contributed by atoms with Crippen LogP contribution in [0.4, 0.5) is 20.6 Å². The summed E-state index contributed by atoms with van der Waals surface area (Å²) < 4.78 is 18.8. The van der Waals surface area contributed by atoms with Crippen molar-refractivity contribution in [3.8, 4) is 0 Å². The molecule has 2 rings (SSSR count). The summed E-state index contributed by atoms with van der Waals surface area (Å²) >= 11 is 0. The van der Waals surface area contributed by atoms with Gasteiger partial charge in [-0.15, -0.1) is 0 Å². The van der Waals surface area contributed by atoms with Crippen molar-refractivity contribution in [1.29, 1.82) is 0 Å². The van der Waals surface area contributed by atoms with Crippen LogP contribution in [-0.2, 0) is 9.53 Å². The van der Waals surface area contributed by atoms with Gasteiger partial charge in [0.15, 0.2) is 0 Å². The summed E-state index contributed by atoms with van der Waals surface area (Å²) in [4.78, 5) is 25.9. The van der Waals surface area contributed by atoms with Crippen LogP contribution in [-0.4, -0.2) is 61.9 Å². The highest BCUT2D eigenvalue weighted by molar-refractivity contribution is 5.93. The van der Waals surface area contributed by atoms with E-state index in [1.165, 1.54) is 30.1 Å². The van der Waals surface area contributed by atoms with Gasteiger partial charge in [-0.2, -0.15) is 0 Å². The van der Waals surface area contributed by atoms with Gasteiger partial charge >= 0.3 is 12.0 Å². The molecule has 1 aromatic carbocycles. The molecule has 1 aromatic rings. The summed E-state index contributed by atoms with van der Waals surface area (Å²) in [6.45, 7) is 2.41. The highest BCUT2D eigenvalue weighted by Gasteiger charge is 2.18. The lowest BCUT2D eigenvalue weighted by Crippen LogP contribution is -2.38. The Morgan fingerprint density at radius 2 is 2.09 bits per heavy atom. The molecular weight excluding hydrogens is 305 g/mol. The predicted octanol–water partition coefficient (Wildman–Crippen LogP) is 1.60. The van der Waals surface area contributed by atoms with E-state index in [2.05, 4.69) is 5.32 Å². The molecular formula is C15H20FN3O4. The molecule has 1 heterocycles. The maximum Gasteiger partial charge on any atom is 0.321 e. The number of nitrogens with zero attached hydrogens (tertiary/aromatic N) is 2. The Morgan fingerprint density at radius 3 is 2.74 bits per heavy atom. The normalized spacial score (nSPS) is 14.4. The molecule has 2 N–H and O–H groups in total. The van der Waals surface area contributed by atoms with Crippen LogP contribution in [0.3, 0.4) is 0 Å². The van der Waals surface area contributed by atoms with Crippen molar-refractivity contribution >= 4 is 23.4 Å². The molecule has 0 spiro atoms. The molecule has 0 radical (unpaired) electrons. The molecule has 0 aliphatic carbocycles. The van der Waals surface area contributed by atoms with Crippen molar-refractivity contribution in [2.75, 3.05) is 50.1 Å². The van der Waals surface area contributed by atoms with Gasteiger partial charge in [0.2, 0.25) is 0 Å². The van der Waals surface area contributed by atoms with Crippen molar-refractivity contribution in [1.82, 2.24) is 4.90 Å². The minimum Gasteiger partial charge on any atom is -0.481 e. The van der Waals surface area contributed by atoms with Gasteiger partial charge in [0.1, 0.15) is 5.82 Å². The van der Waals surface area contributed by atoms with Gasteiger partial charge in [-0.05, 0) is 18.2 Å². The van der Waals surface area contributed by atoms with E-state index >= 15 is 0 Å². The van der Waals surface area contributed by atoms with Gasteiger partial charge in [0.25, 0.3) is 0 Å². The Morgan fingerprint density at radius 1 is 1.39 bits per heavy atom. The van der Waals surface area contributed by atoms with Crippen molar-refractivity contribution in [2.24, 2.45) is 0 Å². The predicted molar refractivity (Wildman–Crippen MR) is 83.3 cm³/mol. The lowest BCUT2D eigenvalue weighted by atomic mass is 10.2. The smallest absolute Gasteiger partial charge is 0.321 e. The zero-order valence-corrected chi connectivity index (χ0v) is 12.9. The third-order valence-electron chi connectivity index (χ3n) is 3.56. The van der Waals surface area contributed by atoms with E-state index in [-0.39, 0.29) is 18.8 Å². The first kappa shape index (κ1) is 17.0. The first-order valence-electron chi connectivity index (χ1n) is 7.33. The molecule has 1 aliphatic heterocycles. The number of halogens is 1. The molecule has 126 valence electrons. The lowest BCUT2D eigenvalue weighted by Gasteiger charge is -2.31. The number of nitrogens with one attached hydrogen (secondary N) is 1. The van der Waals surface area contributed by atoms with E-state index in [0.717, 1.165) is 0 Å². The van der Waals surface area contributed by atoms with Crippen LogP contribution in [0.25, 0.3) is 0 Å². The molecule has 23 heavy (non-hydrogen) atoms. The molecule has 0 saturated carbocycles.